The van der Waals surface area contributed by atoms with Crippen molar-refractivity contribution in [3.8, 4) is 0 Å². The molecule has 0 unspecified atom stereocenters. The maximum Gasteiger partial charge on any atom is 0.408 e. The zero-order chi connectivity index (χ0) is 21.6. The molecule has 1 aromatic rings. The summed E-state index contributed by atoms with van der Waals surface area (Å²) >= 11 is 0. The zero-order valence-electron chi connectivity index (χ0n) is 17.0. The van der Waals surface area contributed by atoms with Crippen molar-refractivity contribution >= 4 is 23.9 Å². The van der Waals surface area contributed by atoms with E-state index in [1.54, 1.807) is 26.8 Å². The first kappa shape index (κ1) is 22.2. The van der Waals surface area contributed by atoms with E-state index in [1.165, 1.54) is 7.11 Å². The van der Waals surface area contributed by atoms with Crippen LogP contribution in [0.25, 0.3) is 0 Å². The first-order valence-electron chi connectivity index (χ1n) is 9.29. The molecule has 2 atom stereocenters. The Hall–Kier alpha value is -3.10. The molecule has 1 aromatic carbocycles. The lowest BCUT2D eigenvalue weighted by Gasteiger charge is -2.24. The fourth-order valence-electron chi connectivity index (χ4n) is 2.89. The second-order valence-corrected chi connectivity index (χ2v) is 7.79. The minimum absolute atomic E-state index is 0.198. The van der Waals surface area contributed by atoms with Crippen LogP contribution in [-0.2, 0) is 36.7 Å². The number of esters is 1. The minimum atomic E-state index is -0.927. The molecular weight excluding hydrogens is 378 g/mol. The summed E-state index contributed by atoms with van der Waals surface area (Å²) in [4.78, 5) is 48.9. The molecule has 0 fully saturated rings. The molecule has 2 bridgehead atoms. The standard InChI is InChI=1S/C20H27N3O6/c1-20(2,3)29-19(27)23-14-9-12-6-5-7-13(8-12)10-15(18(26)28-4)22-16(24)11-21-17(14)25/h5-8,14-15H,9-11H2,1-4H3,(H,21,25)(H,22,24)(H,23,27)/t14-,15-/m0/s1. The average Bonchev–Trinajstić information content (AvgIpc) is 2.62. The van der Waals surface area contributed by atoms with Crippen molar-refractivity contribution in [2.45, 2.75) is 51.3 Å². The molecule has 0 spiro atoms. The van der Waals surface area contributed by atoms with E-state index >= 15 is 0 Å². The summed E-state index contributed by atoms with van der Waals surface area (Å²) < 4.78 is 9.98. The van der Waals surface area contributed by atoms with Crippen LogP contribution in [0.15, 0.2) is 24.3 Å². The van der Waals surface area contributed by atoms with Crippen LogP contribution in [0, 0.1) is 0 Å². The SMILES string of the molecule is COC(=O)[C@@H]1Cc2cccc(c2)C[C@H](NC(=O)OC(C)(C)C)C(=O)NCC(=O)N1. The Balaban J connectivity index is 2.27. The second-order valence-electron chi connectivity index (χ2n) is 7.79. The number of hydrogen-bond donors (Lipinski definition) is 3. The Morgan fingerprint density at radius 3 is 2.41 bits per heavy atom. The van der Waals surface area contributed by atoms with Gasteiger partial charge in [-0.25, -0.2) is 9.59 Å². The topological polar surface area (TPSA) is 123 Å². The highest BCUT2D eigenvalue weighted by atomic mass is 16.6. The Kier molecular flexibility index (Phi) is 7.19. The van der Waals surface area contributed by atoms with E-state index in [9.17, 15) is 19.2 Å². The summed E-state index contributed by atoms with van der Waals surface area (Å²) in [7, 11) is 1.25. The molecule has 0 saturated heterocycles. The van der Waals surface area contributed by atoms with Gasteiger partial charge in [-0.15, -0.1) is 0 Å². The lowest BCUT2D eigenvalue weighted by molar-refractivity contribution is -0.145. The molecule has 9 nitrogen and oxygen atoms in total. The monoisotopic (exact) mass is 405 g/mol. The number of rotatable bonds is 2. The lowest BCUT2D eigenvalue weighted by Crippen LogP contribution is -2.52. The van der Waals surface area contributed by atoms with Gasteiger partial charge >= 0.3 is 12.1 Å². The number of methoxy groups -OCH3 is 1. The van der Waals surface area contributed by atoms with Crippen LogP contribution in [0.1, 0.15) is 31.9 Å². The molecular formula is C20H27N3O6. The highest BCUT2D eigenvalue weighted by Crippen LogP contribution is 2.13. The number of fused-ring (bicyclic) bond motifs is 2. The molecule has 1 aliphatic heterocycles. The molecule has 0 aromatic heterocycles. The number of carbonyl (C=O) groups is 4. The number of alkyl carbamates (subject to hydrolysis) is 1. The number of carbonyl (C=O) groups excluding carboxylic acids is 4. The third-order valence-corrected chi connectivity index (χ3v) is 4.12. The molecule has 1 aliphatic rings. The van der Waals surface area contributed by atoms with Crippen LogP contribution < -0.4 is 16.0 Å². The molecule has 2 rings (SSSR count). The van der Waals surface area contributed by atoms with Crippen LogP contribution in [-0.4, -0.2) is 55.2 Å². The van der Waals surface area contributed by atoms with Gasteiger partial charge in [0.05, 0.1) is 13.7 Å². The smallest absolute Gasteiger partial charge is 0.408 e. The molecule has 1 heterocycles. The van der Waals surface area contributed by atoms with Crippen LogP contribution in [0.4, 0.5) is 4.79 Å². The van der Waals surface area contributed by atoms with Crippen molar-refractivity contribution in [2.24, 2.45) is 0 Å². The molecule has 0 saturated carbocycles. The summed E-state index contributed by atoms with van der Waals surface area (Å²) in [5.41, 5.74) is 0.860. The highest BCUT2D eigenvalue weighted by Gasteiger charge is 2.27. The third-order valence-electron chi connectivity index (χ3n) is 4.12. The molecule has 29 heavy (non-hydrogen) atoms. The van der Waals surface area contributed by atoms with Crippen molar-refractivity contribution in [1.82, 2.24) is 16.0 Å². The van der Waals surface area contributed by atoms with Gasteiger partial charge in [0.1, 0.15) is 17.7 Å². The summed E-state index contributed by atoms with van der Waals surface area (Å²) in [5.74, 6) is -1.65. The summed E-state index contributed by atoms with van der Waals surface area (Å²) in [6.07, 6.45) is -0.288. The van der Waals surface area contributed by atoms with E-state index in [4.69, 9.17) is 9.47 Å². The van der Waals surface area contributed by atoms with Gasteiger partial charge in [-0.2, -0.15) is 0 Å². The fraction of sp³-hybridized carbons (Fsp3) is 0.500. The molecule has 158 valence electrons. The van der Waals surface area contributed by atoms with Gasteiger partial charge in [-0.05, 0) is 31.9 Å². The first-order valence-corrected chi connectivity index (χ1v) is 9.29. The Labute approximate surface area is 169 Å². The van der Waals surface area contributed by atoms with Gasteiger partial charge in [0.25, 0.3) is 0 Å². The van der Waals surface area contributed by atoms with Gasteiger partial charge in [-0.1, -0.05) is 24.3 Å². The maximum absolute atomic E-state index is 12.6. The van der Waals surface area contributed by atoms with Crippen LogP contribution in [0.2, 0.25) is 0 Å². The number of amides is 3. The van der Waals surface area contributed by atoms with Crippen LogP contribution in [0.5, 0.6) is 0 Å². The Morgan fingerprint density at radius 1 is 1.14 bits per heavy atom. The molecule has 3 amide bonds. The predicted octanol–water partition coefficient (Wildman–Crippen LogP) is 0.453. The van der Waals surface area contributed by atoms with E-state index in [-0.39, 0.29) is 19.4 Å². The van der Waals surface area contributed by atoms with Crippen molar-refractivity contribution in [3.05, 3.63) is 35.4 Å². The quantitative estimate of drug-likeness (QED) is 0.614. The highest BCUT2D eigenvalue weighted by molar-refractivity contribution is 5.91. The van der Waals surface area contributed by atoms with Gasteiger partial charge in [0.2, 0.25) is 11.8 Å². The average molecular weight is 405 g/mol. The molecule has 9 heteroatoms. The minimum Gasteiger partial charge on any atom is -0.467 e. The molecule has 0 aliphatic carbocycles. The van der Waals surface area contributed by atoms with E-state index in [1.807, 2.05) is 18.2 Å². The van der Waals surface area contributed by atoms with Crippen LogP contribution >= 0.6 is 0 Å². The molecule has 0 radical (unpaired) electrons. The fourth-order valence-corrected chi connectivity index (χ4v) is 2.89. The van der Waals surface area contributed by atoms with Gasteiger partial charge < -0.3 is 25.4 Å². The summed E-state index contributed by atoms with van der Waals surface area (Å²) in [6, 6.07) is 5.44. The van der Waals surface area contributed by atoms with E-state index in [0.29, 0.717) is 0 Å². The van der Waals surface area contributed by atoms with Crippen molar-refractivity contribution < 1.29 is 28.7 Å². The maximum atomic E-state index is 12.6. The van der Waals surface area contributed by atoms with Gasteiger partial charge in [0.15, 0.2) is 0 Å². The Morgan fingerprint density at radius 2 is 1.79 bits per heavy atom. The number of hydrogen-bond acceptors (Lipinski definition) is 6. The largest absolute Gasteiger partial charge is 0.467 e. The third kappa shape index (κ3) is 7.10. The van der Waals surface area contributed by atoms with Crippen molar-refractivity contribution in [1.29, 1.82) is 0 Å². The number of nitrogens with one attached hydrogen (secondary N) is 3. The normalized spacial score (nSPS) is 20.3. The Bertz CT molecular complexity index is 787. The van der Waals surface area contributed by atoms with Gasteiger partial charge in [0, 0.05) is 12.8 Å². The summed E-state index contributed by atoms with van der Waals surface area (Å²) in [6.45, 7) is 4.82. The second kappa shape index (κ2) is 9.40. The summed E-state index contributed by atoms with van der Waals surface area (Å²) in [5, 5.41) is 7.60. The van der Waals surface area contributed by atoms with E-state index in [2.05, 4.69) is 16.0 Å². The number of ether oxygens (including phenoxy) is 2. The number of benzene rings is 1. The van der Waals surface area contributed by atoms with Crippen LogP contribution in [0.3, 0.4) is 0 Å². The van der Waals surface area contributed by atoms with Crippen molar-refractivity contribution in [3.63, 3.8) is 0 Å². The predicted molar refractivity (Wildman–Crippen MR) is 104 cm³/mol. The van der Waals surface area contributed by atoms with E-state index in [0.717, 1.165) is 11.1 Å². The lowest BCUT2D eigenvalue weighted by atomic mass is 9.99. The zero-order valence-corrected chi connectivity index (χ0v) is 17.0. The molecule has 3 N–H and O–H groups in total. The van der Waals surface area contributed by atoms with Crippen molar-refractivity contribution in [2.75, 3.05) is 13.7 Å². The van der Waals surface area contributed by atoms with E-state index < -0.39 is 41.6 Å². The first-order chi connectivity index (χ1) is 13.6. The van der Waals surface area contributed by atoms with Gasteiger partial charge in [-0.3, -0.25) is 9.59 Å².